The molecule has 1 amide bonds. The zero-order valence-corrected chi connectivity index (χ0v) is 14.7. The molecule has 0 fully saturated rings. The Morgan fingerprint density at radius 1 is 1.16 bits per heavy atom. The number of benzene rings is 1. The van der Waals surface area contributed by atoms with Crippen molar-refractivity contribution in [2.24, 2.45) is 0 Å². The van der Waals surface area contributed by atoms with Crippen molar-refractivity contribution >= 4 is 34.2 Å². The predicted molar refractivity (Wildman–Crippen MR) is 90.7 cm³/mol. The average molecular weight is 365 g/mol. The van der Waals surface area contributed by atoms with E-state index in [4.69, 9.17) is 9.47 Å². The van der Waals surface area contributed by atoms with Crippen LogP contribution in [0.25, 0.3) is 0 Å². The molecule has 0 radical (unpaired) electrons. The number of hydrogen-bond acceptors (Lipinski definition) is 6. The molecule has 2 aromatic rings. The molecule has 0 aliphatic heterocycles. The minimum absolute atomic E-state index is 0.0889. The van der Waals surface area contributed by atoms with Gasteiger partial charge >= 0.3 is 11.9 Å². The number of halogens is 1. The van der Waals surface area contributed by atoms with Gasteiger partial charge in [0.15, 0.2) is 0 Å². The van der Waals surface area contributed by atoms with E-state index in [2.05, 4.69) is 5.32 Å². The highest BCUT2D eigenvalue weighted by Gasteiger charge is 2.27. The van der Waals surface area contributed by atoms with Crippen LogP contribution in [0.15, 0.2) is 24.3 Å². The zero-order chi connectivity index (χ0) is 18.6. The number of esters is 2. The van der Waals surface area contributed by atoms with Crippen LogP contribution < -0.4 is 5.32 Å². The van der Waals surface area contributed by atoms with Crippen molar-refractivity contribution in [3.8, 4) is 0 Å². The minimum Gasteiger partial charge on any atom is -0.465 e. The number of carbonyl (C=O) groups excluding carboxylic acids is 3. The third-order valence-corrected chi connectivity index (χ3v) is 4.52. The number of anilines is 1. The number of nitrogens with one attached hydrogen (secondary N) is 1. The highest BCUT2D eigenvalue weighted by Crippen LogP contribution is 2.34. The lowest BCUT2D eigenvalue weighted by atomic mass is 10.1. The van der Waals surface area contributed by atoms with Crippen LogP contribution in [0.2, 0.25) is 0 Å². The molecule has 8 heteroatoms. The van der Waals surface area contributed by atoms with E-state index in [1.165, 1.54) is 19.2 Å². The number of rotatable bonds is 5. The Labute approximate surface area is 147 Å². The van der Waals surface area contributed by atoms with Crippen molar-refractivity contribution in [2.45, 2.75) is 13.8 Å². The van der Waals surface area contributed by atoms with Crippen molar-refractivity contribution in [3.63, 3.8) is 0 Å². The monoisotopic (exact) mass is 365 g/mol. The van der Waals surface area contributed by atoms with Crippen LogP contribution in [0.4, 0.5) is 9.39 Å². The lowest BCUT2D eigenvalue weighted by molar-refractivity contribution is 0.0531. The number of methoxy groups -OCH3 is 1. The molecule has 0 saturated heterocycles. The summed E-state index contributed by atoms with van der Waals surface area (Å²) < 4.78 is 22.7. The molecule has 0 aliphatic rings. The van der Waals surface area contributed by atoms with Crippen molar-refractivity contribution in [1.29, 1.82) is 0 Å². The lowest BCUT2D eigenvalue weighted by Gasteiger charge is -2.06. The van der Waals surface area contributed by atoms with Gasteiger partial charge in [0.05, 0.1) is 19.3 Å². The van der Waals surface area contributed by atoms with Crippen molar-refractivity contribution in [3.05, 3.63) is 51.7 Å². The molecule has 0 unspecified atom stereocenters. The summed E-state index contributed by atoms with van der Waals surface area (Å²) >= 11 is 0.923. The highest BCUT2D eigenvalue weighted by molar-refractivity contribution is 7.18. The van der Waals surface area contributed by atoms with Gasteiger partial charge in [-0.25, -0.2) is 14.0 Å². The molecule has 0 aliphatic carbocycles. The maximum Gasteiger partial charge on any atom is 0.348 e. The Morgan fingerprint density at radius 3 is 2.36 bits per heavy atom. The number of thiophene rings is 1. The van der Waals surface area contributed by atoms with Gasteiger partial charge in [-0.1, -0.05) is 0 Å². The Balaban J connectivity index is 2.39. The molecule has 1 aromatic carbocycles. The summed E-state index contributed by atoms with van der Waals surface area (Å²) in [5.74, 6) is -2.28. The van der Waals surface area contributed by atoms with Crippen LogP contribution in [0, 0.1) is 12.7 Å². The first-order chi connectivity index (χ1) is 11.9. The topological polar surface area (TPSA) is 81.7 Å². The van der Waals surface area contributed by atoms with Crippen LogP contribution >= 0.6 is 11.3 Å². The van der Waals surface area contributed by atoms with Crippen LogP contribution in [-0.4, -0.2) is 31.6 Å². The molecule has 132 valence electrons. The first-order valence-electron chi connectivity index (χ1n) is 7.34. The lowest BCUT2D eigenvalue weighted by Crippen LogP contribution is -2.14. The Morgan fingerprint density at radius 2 is 1.80 bits per heavy atom. The van der Waals surface area contributed by atoms with E-state index < -0.39 is 23.7 Å². The van der Waals surface area contributed by atoms with Crippen molar-refractivity contribution < 1.29 is 28.2 Å². The fourth-order valence-corrected chi connectivity index (χ4v) is 3.20. The standard InChI is InChI=1S/C17H16FNO5S/c1-4-24-17(22)13-9(2)12(16(21)23-3)15(25-13)19-14(20)10-5-7-11(18)8-6-10/h5-8H,4H2,1-3H3,(H,19,20). The summed E-state index contributed by atoms with van der Waals surface area (Å²) in [6, 6.07) is 4.93. The maximum absolute atomic E-state index is 13.0. The molecule has 0 bridgehead atoms. The summed E-state index contributed by atoms with van der Waals surface area (Å²) in [5, 5.41) is 2.74. The van der Waals surface area contributed by atoms with Crippen molar-refractivity contribution in [2.75, 3.05) is 19.0 Å². The van der Waals surface area contributed by atoms with E-state index in [0.717, 1.165) is 23.5 Å². The third-order valence-electron chi connectivity index (χ3n) is 3.33. The molecule has 1 aromatic heterocycles. The summed E-state index contributed by atoms with van der Waals surface area (Å²) in [6.07, 6.45) is 0. The number of ether oxygens (including phenoxy) is 2. The van der Waals surface area contributed by atoms with E-state index in [9.17, 15) is 18.8 Å². The largest absolute Gasteiger partial charge is 0.465 e. The molecule has 0 spiro atoms. The molecule has 1 N–H and O–H groups in total. The third kappa shape index (κ3) is 4.03. The fraction of sp³-hybridized carbons (Fsp3) is 0.235. The van der Waals surface area contributed by atoms with E-state index >= 15 is 0 Å². The van der Waals surface area contributed by atoms with Gasteiger partial charge in [0.1, 0.15) is 15.7 Å². The van der Waals surface area contributed by atoms with Crippen LogP contribution in [0.1, 0.15) is 42.9 Å². The number of carbonyl (C=O) groups is 3. The molecule has 0 atom stereocenters. The van der Waals surface area contributed by atoms with E-state index in [-0.39, 0.29) is 27.6 Å². The van der Waals surface area contributed by atoms with Gasteiger partial charge in [0.25, 0.3) is 5.91 Å². The quantitative estimate of drug-likeness (QED) is 0.821. The highest BCUT2D eigenvalue weighted by atomic mass is 32.1. The second-order valence-corrected chi connectivity index (χ2v) is 5.95. The number of hydrogen-bond donors (Lipinski definition) is 1. The Hall–Kier alpha value is -2.74. The molecule has 25 heavy (non-hydrogen) atoms. The van der Waals surface area contributed by atoms with Gasteiger partial charge in [-0.05, 0) is 43.7 Å². The van der Waals surface area contributed by atoms with E-state index in [0.29, 0.717) is 5.56 Å². The minimum atomic E-state index is -0.682. The van der Waals surface area contributed by atoms with Gasteiger partial charge in [0.2, 0.25) is 0 Å². The van der Waals surface area contributed by atoms with E-state index in [1.807, 2.05) is 0 Å². The molecule has 2 rings (SSSR count). The molecule has 0 saturated carbocycles. The van der Waals surface area contributed by atoms with Gasteiger partial charge < -0.3 is 14.8 Å². The average Bonchev–Trinajstić information content (AvgIpc) is 2.91. The summed E-state index contributed by atoms with van der Waals surface area (Å²) in [5.41, 5.74) is 0.664. The SMILES string of the molecule is CCOC(=O)c1sc(NC(=O)c2ccc(F)cc2)c(C(=O)OC)c1C. The molecule has 6 nitrogen and oxygen atoms in total. The van der Waals surface area contributed by atoms with Crippen molar-refractivity contribution in [1.82, 2.24) is 0 Å². The summed E-state index contributed by atoms with van der Waals surface area (Å²) in [4.78, 5) is 36.6. The fourth-order valence-electron chi connectivity index (χ4n) is 2.12. The van der Waals surface area contributed by atoms with E-state index in [1.54, 1.807) is 13.8 Å². The predicted octanol–water partition coefficient (Wildman–Crippen LogP) is 3.41. The summed E-state index contributed by atoms with van der Waals surface area (Å²) in [6.45, 7) is 3.42. The van der Waals surface area contributed by atoms with Gasteiger partial charge in [0, 0.05) is 5.56 Å². The van der Waals surface area contributed by atoms with Gasteiger partial charge in [-0.15, -0.1) is 11.3 Å². The first kappa shape index (κ1) is 18.6. The first-order valence-corrected chi connectivity index (χ1v) is 8.16. The molecular formula is C17H16FNO5S. The van der Waals surface area contributed by atoms with Crippen LogP contribution in [0.3, 0.4) is 0 Å². The normalized spacial score (nSPS) is 10.2. The maximum atomic E-state index is 13.0. The summed E-state index contributed by atoms with van der Waals surface area (Å²) in [7, 11) is 1.20. The molecular weight excluding hydrogens is 349 g/mol. The smallest absolute Gasteiger partial charge is 0.348 e. The van der Waals surface area contributed by atoms with Gasteiger partial charge in [-0.3, -0.25) is 4.79 Å². The second-order valence-electron chi connectivity index (χ2n) is 4.93. The van der Waals surface area contributed by atoms with Gasteiger partial charge in [-0.2, -0.15) is 0 Å². The van der Waals surface area contributed by atoms with Crippen LogP contribution in [-0.2, 0) is 9.47 Å². The zero-order valence-electron chi connectivity index (χ0n) is 13.8. The number of amides is 1. The Bertz CT molecular complexity index is 813. The second kappa shape index (κ2) is 7.89. The molecule has 1 heterocycles. The van der Waals surface area contributed by atoms with Crippen LogP contribution in [0.5, 0.6) is 0 Å². The Kier molecular flexibility index (Phi) is 5.87.